The fourth-order valence-corrected chi connectivity index (χ4v) is 2.13. The van der Waals surface area contributed by atoms with E-state index in [9.17, 15) is 0 Å². The third-order valence-corrected chi connectivity index (χ3v) is 3.19. The Morgan fingerprint density at radius 3 is 3.06 bits per heavy atom. The Morgan fingerprint density at radius 2 is 2.38 bits per heavy atom. The molecule has 3 nitrogen and oxygen atoms in total. The van der Waals surface area contributed by atoms with Gasteiger partial charge in [0.2, 0.25) is 0 Å². The van der Waals surface area contributed by atoms with Crippen molar-refractivity contribution in [3.63, 3.8) is 0 Å². The van der Waals surface area contributed by atoms with Crippen LogP contribution in [0.15, 0.2) is 5.10 Å². The first kappa shape index (κ1) is 13.5. The topological polar surface area (TPSA) is 24.8 Å². The summed E-state index contributed by atoms with van der Waals surface area (Å²) in [5, 5.41) is 6.80. The van der Waals surface area contributed by atoms with Crippen LogP contribution < -0.4 is 0 Å². The Kier molecular flexibility index (Phi) is 6.46. The molecule has 1 saturated heterocycles. The maximum Gasteiger partial charge on any atom is 0.0704 e. The molecule has 0 bridgehead atoms. The number of unbranched alkanes of at least 4 members (excludes halogenated alkanes) is 1. The molecule has 3 heteroatoms. The van der Waals surface area contributed by atoms with Gasteiger partial charge >= 0.3 is 0 Å². The van der Waals surface area contributed by atoms with Gasteiger partial charge in [0.15, 0.2) is 0 Å². The van der Waals surface area contributed by atoms with Gasteiger partial charge in [0.05, 0.1) is 12.6 Å². The van der Waals surface area contributed by atoms with Crippen LogP contribution in [0.3, 0.4) is 0 Å². The summed E-state index contributed by atoms with van der Waals surface area (Å²) in [5.74, 6) is 0.601. The highest BCUT2D eigenvalue weighted by Crippen LogP contribution is 2.17. The summed E-state index contributed by atoms with van der Waals surface area (Å²) in [6.45, 7) is 6.38. The third kappa shape index (κ3) is 4.52. The third-order valence-electron chi connectivity index (χ3n) is 3.19. The van der Waals surface area contributed by atoms with Gasteiger partial charge in [0.1, 0.15) is 0 Å². The molecule has 0 spiro atoms. The zero-order valence-electron chi connectivity index (χ0n) is 11.0. The Bertz CT molecular complexity index is 206. The molecule has 16 heavy (non-hydrogen) atoms. The molecule has 0 unspecified atom stereocenters. The van der Waals surface area contributed by atoms with Crippen molar-refractivity contribution in [2.45, 2.75) is 52.0 Å². The van der Waals surface area contributed by atoms with E-state index >= 15 is 0 Å². The maximum absolute atomic E-state index is 5.21. The van der Waals surface area contributed by atoms with Gasteiger partial charge in [-0.15, -0.1) is 0 Å². The summed E-state index contributed by atoms with van der Waals surface area (Å²) in [4.78, 5) is 0. The van der Waals surface area contributed by atoms with E-state index in [1.807, 2.05) is 0 Å². The van der Waals surface area contributed by atoms with E-state index in [0.717, 1.165) is 13.2 Å². The summed E-state index contributed by atoms with van der Waals surface area (Å²) in [6, 6.07) is 0.500. The number of ether oxygens (including phenoxy) is 1. The first-order chi connectivity index (χ1) is 7.77. The van der Waals surface area contributed by atoms with Gasteiger partial charge in [-0.1, -0.05) is 26.7 Å². The van der Waals surface area contributed by atoms with E-state index in [-0.39, 0.29) is 0 Å². The molecule has 0 saturated carbocycles. The normalized spacial score (nSPS) is 23.2. The molecule has 0 aliphatic carbocycles. The molecular formula is C13H26N2O. The lowest BCUT2D eigenvalue weighted by Crippen LogP contribution is -2.28. The highest BCUT2D eigenvalue weighted by atomic mass is 16.5. The summed E-state index contributed by atoms with van der Waals surface area (Å²) in [7, 11) is 1.77. The minimum atomic E-state index is 0.500. The number of rotatable bonds is 7. The number of methoxy groups -OCH3 is 1. The van der Waals surface area contributed by atoms with Gasteiger partial charge in [-0.2, -0.15) is 5.10 Å². The van der Waals surface area contributed by atoms with Crippen molar-refractivity contribution in [3.05, 3.63) is 0 Å². The summed E-state index contributed by atoms with van der Waals surface area (Å²) >= 11 is 0. The monoisotopic (exact) mass is 226 g/mol. The van der Waals surface area contributed by atoms with Crippen molar-refractivity contribution in [1.29, 1.82) is 0 Å². The van der Waals surface area contributed by atoms with Crippen LogP contribution in [0.4, 0.5) is 0 Å². The van der Waals surface area contributed by atoms with Crippen molar-refractivity contribution >= 4 is 6.21 Å². The van der Waals surface area contributed by atoms with E-state index in [0.29, 0.717) is 12.0 Å². The van der Waals surface area contributed by atoms with Gasteiger partial charge in [-0.25, -0.2) is 0 Å². The van der Waals surface area contributed by atoms with Gasteiger partial charge in [-0.3, -0.25) is 5.01 Å². The highest BCUT2D eigenvalue weighted by Gasteiger charge is 2.22. The number of hydrogen-bond donors (Lipinski definition) is 0. The van der Waals surface area contributed by atoms with Crippen LogP contribution in [0.25, 0.3) is 0 Å². The molecule has 0 amide bonds. The average Bonchev–Trinajstić information content (AvgIpc) is 2.72. The minimum absolute atomic E-state index is 0.500. The second-order valence-electron chi connectivity index (χ2n) is 4.80. The van der Waals surface area contributed by atoms with Gasteiger partial charge < -0.3 is 4.74 Å². The van der Waals surface area contributed by atoms with Crippen molar-refractivity contribution in [1.82, 2.24) is 5.01 Å². The fraction of sp³-hybridized carbons (Fsp3) is 0.923. The summed E-state index contributed by atoms with van der Waals surface area (Å²) in [6.07, 6.45) is 8.40. The molecule has 2 atom stereocenters. The van der Waals surface area contributed by atoms with Crippen molar-refractivity contribution in [2.24, 2.45) is 11.0 Å². The van der Waals surface area contributed by atoms with Gasteiger partial charge in [0, 0.05) is 19.9 Å². The number of hydrazone groups is 1. The molecule has 94 valence electrons. The van der Waals surface area contributed by atoms with Crippen LogP contribution in [0.2, 0.25) is 0 Å². The number of hydrogen-bond acceptors (Lipinski definition) is 3. The maximum atomic E-state index is 5.21. The number of nitrogens with zero attached hydrogens (tertiary/aromatic N) is 2. The van der Waals surface area contributed by atoms with E-state index < -0.39 is 0 Å². The summed E-state index contributed by atoms with van der Waals surface area (Å²) < 4.78 is 5.21. The zero-order chi connectivity index (χ0) is 11.8. The Balaban J connectivity index is 2.31. The molecule has 0 aromatic rings. The van der Waals surface area contributed by atoms with Gasteiger partial charge in [-0.05, 0) is 25.2 Å². The van der Waals surface area contributed by atoms with E-state index in [2.05, 4.69) is 30.2 Å². The first-order valence-corrected chi connectivity index (χ1v) is 6.57. The van der Waals surface area contributed by atoms with Crippen LogP contribution in [0, 0.1) is 5.92 Å². The molecule has 1 heterocycles. The molecule has 0 radical (unpaired) electrons. The fourth-order valence-electron chi connectivity index (χ4n) is 2.13. The molecule has 0 N–H and O–H groups in total. The lowest BCUT2D eigenvalue weighted by molar-refractivity contribution is 0.118. The van der Waals surface area contributed by atoms with Crippen molar-refractivity contribution < 1.29 is 4.74 Å². The molecule has 0 aromatic heterocycles. The average molecular weight is 226 g/mol. The zero-order valence-corrected chi connectivity index (χ0v) is 11.0. The van der Waals surface area contributed by atoms with Crippen LogP contribution in [0.5, 0.6) is 0 Å². The molecule has 1 aliphatic rings. The van der Waals surface area contributed by atoms with Crippen LogP contribution in [0.1, 0.15) is 46.0 Å². The molecule has 1 aliphatic heterocycles. The lowest BCUT2D eigenvalue weighted by atomic mass is 10.1. The quantitative estimate of drug-likeness (QED) is 0.624. The van der Waals surface area contributed by atoms with Crippen LogP contribution >= 0.6 is 0 Å². The smallest absolute Gasteiger partial charge is 0.0704 e. The Labute approximate surface area is 99.9 Å². The first-order valence-electron chi connectivity index (χ1n) is 6.57. The highest BCUT2D eigenvalue weighted by molar-refractivity contribution is 5.59. The second-order valence-corrected chi connectivity index (χ2v) is 4.80. The van der Waals surface area contributed by atoms with E-state index in [4.69, 9.17) is 4.74 Å². The van der Waals surface area contributed by atoms with E-state index in [1.54, 1.807) is 7.11 Å². The SMILES string of the molecule is CCCC[C@H](C)/C=N/N1CCC[C@@H]1COC. The van der Waals surface area contributed by atoms with Gasteiger partial charge in [0.25, 0.3) is 0 Å². The Morgan fingerprint density at radius 1 is 1.56 bits per heavy atom. The van der Waals surface area contributed by atoms with Crippen molar-refractivity contribution in [3.8, 4) is 0 Å². The molecule has 1 rings (SSSR count). The second kappa shape index (κ2) is 7.66. The Hall–Kier alpha value is -0.570. The predicted molar refractivity (Wildman–Crippen MR) is 68.8 cm³/mol. The lowest BCUT2D eigenvalue weighted by Gasteiger charge is -2.21. The van der Waals surface area contributed by atoms with E-state index in [1.165, 1.54) is 32.1 Å². The largest absolute Gasteiger partial charge is 0.382 e. The minimum Gasteiger partial charge on any atom is -0.382 e. The standard InChI is InChI=1S/C13H26N2O/c1-4-5-7-12(2)10-14-15-9-6-8-13(15)11-16-3/h10,12-13H,4-9,11H2,1-3H3/b14-10+/t12-,13+/m0/s1. The summed E-state index contributed by atoms with van der Waals surface area (Å²) in [5.41, 5.74) is 0. The molecule has 0 aromatic carbocycles. The van der Waals surface area contributed by atoms with Crippen LogP contribution in [-0.2, 0) is 4.74 Å². The molecule has 1 fully saturated rings. The predicted octanol–water partition coefficient (Wildman–Crippen LogP) is 2.91. The van der Waals surface area contributed by atoms with Crippen LogP contribution in [-0.4, -0.2) is 37.5 Å². The van der Waals surface area contributed by atoms with Crippen molar-refractivity contribution in [2.75, 3.05) is 20.3 Å². The molecular weight excluding hydrogens is 200 g/mol.